The summed E-state index contributed by atoms with van der Waals surface area (Å²) in [4.78, 5) is 9.91. The Morgan fingerprint density at radius 1 is 1.42 bits per heavy atom. The van der Waals surface area contributed by atoms with E-state index in [0.717, 1.165) is 18.3 Å². The fraction of sp³-hybridized carbons (Fsp3) is 0.231. The molecule has 2 aromatic rings. The van der Waals surface area contributed by atoms with Crippen LogP contribution in [0.4, 0.5) is 15.8 Å². The molecule has 1 heterocycles. The van der Waals surface area contributed by atoms with Gasteiger partial charge >= 0.3 is 5.69 Å². The van der Waals surface area contributed by atoms with Gasteiger partial charge in [0.25, 0.3) is 0 Å². The zero-order valence-electron chi connectivity index (χ0n) is 10.5. The molecule has 0 unspecified atom stereocenters. The lowest BCUT2D eigenvalue weighted by Crippen LogP contribution is -2.06. The normalized spacial score (nSPS) is 10.4. The first kappa shape index (κ1) is 13.1. The van der Waals surface area contributed by atoms with Gasteiger partial charge in [-0.3, -0.25) is 10.1 Å². The molecule has 0 saturated heterocycles. The van der Waals surface area contributed by atoms with Crippen molar-refractivity contribution in [2.75, 3.05) is 5.32 Å². The van der Waals surface area contributed by atoms with Crippen LogP contribution in [0.15, 0.2) is 36.5 Å². The Kier molecular flexibility index (Phi) is 3.79. The first-order chi connectivity index (χ1) is 9.11. The molecular formula is C13H14FN3O2. The zero-order chi connectivity index (χ0) is 13.8. The second-order valence-electron chi connectivity index (χ2n) is 4.06. The van der Waals surface area contributed by atoms with Crippen LogP contribution in [0.1, 0.15) is 12.6 Å². The predicted octanol–water partition coefficient (Wildman–Crippen LogP) is 3.17. The van der Waals surface area contributed by atoms with Gasteiger partial charge in [-0.1, -0.05) is 0 Å². The number of rotatable bonds is 5. The number of hydrogen-bond donors (Lipinski definition) is 1. The van der Waals surface area contributed by atoms with Crippen LogP contribution in [-0.4, -0.2) is 9.49 Å². The van der Waals surface area contributed by atoms with Gasteiger partial charge in [0.15, 0.2) is 0 Å². The Bertz CT molecular complexity index is 595. The second kappa shape index (κ2) is 5.51. The number of aryl methyl sites for hydroxylation is 1. The third-order valence-corrected chi connectivity index (χ3v) is 2.88. The summed E-state index contributed by atoms with van der Waals surface area (Å²) >= 11 is 0. The Morgan fingerprint density at radius 2 is 2.21 bits per heavy atom. The van der Waals surface area contributed by atoms with E-state index in [9.17, 15) is 14.5 Å². The maximum atomic E-state index is 13.2. The highest BCUT2D eigenvalue weighted by atomic mass is 19.1. The van der Waals surface area contributed by atoms with Crippen molar-refractivity contribution in [3.05, 3.63) is 58.2 Å². The quantitative estimate of drug-likeness (QED) is 0.665. The van der Waals surface area contributed by atoms with Gasteiger partial charge in [0.2, 0.25) is 5.82 Å². The number of nitrogens with one attached hydrogen (secondary N) is 1. The molecule has 5 nitrogen and oxygen atoms in total. The van der Waals surface area contributed by atoms with Crippen molar-refractivity contribution in [2.45, 2.75) is 20.0 Å². The molecule has 0 aliphatic carbocycles. The second-order valence-corrected chi connectivity index (χ2v) is 4.06. The van der Waals surface area contributed by atoms with Crippen LogP contribution in [0.2, 0.25) is 0 Å². The number of anilines is 1. The number of nitro groups is 1. The summed E-state index contributed by atoms with van der Waals surface area (Å²) in [5.41, 5.74) is 1.07. The molecule has 100 valence electrons. The molecule has 2 rings (SSSR count). The van der Waals surface area contributed by atoms with Crippen molar-refractivity contribution in [3.8, 4) is 0 Å². The summed E-state index contributed by atoms with van der Waals surface area (Å²) in [6, 6.07) is 7.69. The molecule has 6 heteroatoms. The summed E-state index contributed by atoms with van der Waals surface area (Å²) in [6.07, 6.45) is 1.96. The summed E-state index contributed by atoms with van der Waals surface area (Å²) < 4.78 is 15.2. The monoisotopic (exact) mass is 263 g/mol. The summed E-state index contributed by atoms with van der Waals surface area (Å²) in [6.45, 7) is 3.42. The smallest absolute Gasteiger partial charge is 0.306 e. The Labute approximate surface area is 109 Å². The van der Waals surface area contributed by atoms with Crippen molar-refractivity contribution in [2.24, 2.45) is 0 Å². The number of nitro benzene ring substituents is 1. The molecule has 1 aromatic carbocycles. The van der Waals surface area contributed by atoms with Crippen molar-refractivity contribution < 1.29 is 9.31 Å². The summed E-state index contributed by atoms with van der Waals surface area (Å²) in [5.74, 6) is -0.826. The highest BCUT2D eigenvalue weighted by Gasteiger charge is 2.14. The lowest BCUT2D eigenvalue weighted by atomic mass is 10.2. The molecular weight excluding hydrogens is 249 g/mol. The van der Waals surface area contributed by atoms with E-state index >= 15 is 0 Å². The van der Waals surface area contributed by atoms with Crippen LogP contribution in [0.25, 0.3) is 0 Å². The van der Waals surface area contributed by atoms with Gasteiger partial charge < -0.3 is 9.88 Å². The van der Waals surface area contributed by atoms with Gasteiger partial charge in [0, 0.05) is 30.2 Å². The Morgan fingerprint density at radius 3 is 2.89 bits per heavy atom. The van der Waals surface area contributed by atoms with Crippen LogP contribution in [-0.2, 0) is 13.1 Å². The van der Waals surface area contributed by atoms with Crippen LogP contribution in [0.3, 0.4) is 0 Å². The summed E-state index contributed by atoms with van der Waals surface area (Å²) in [5, 5.41) is 13.7. The highest BCUT2D eigenvalue weighted by molar-refractivity contribution is 5.51. The Hall–Kier alpha value is -2.37. The minimum atomic E-state index is -0.826. The van der Waals surface area contributed by atoms with E-state index in [4.69, 9.17) is 0 Å². The average Bonchev–Trinajstić information content (AvgIpc) is 2.84. The van der Waals surface area contributed by atoms with Crippen LogP contribution in [0, 0.1) is 15.9 Å². The van der Waals surface area contributed by atoms with E-state index in [1.807, 2.05) is 25.3 Å². The Balaban J connectivity index is 2.12. The first-order valence-corrected chi connectivity index (χ1v) is 5.93. The standard InChI is InChI=1S/C13H14FN3O2/c1-2-16-7-3-4-11(16)9-15-10-5-6-12(14)13(8-10)17(18)19/h3-8,15H,2,9H2,1H3. The third-order valence-electron chi connectivity index (χ3n) is 2.88. The maximum Gasteiger partial charge on any atom is 0.306 e. The van der Waals surface area contributed by atoms with Gasteiger partial charge in [0.05, 0.1) is 11.5 Å². The van der Waals surface area contributed by atoms with Gasteiger partial charge in [-0.05, 0) is 31.2 Å². The van der Waals surface area contributed by atoms with E-state index in [1.165, 1.54) is 12.1 Å². The number of hydrogen-bond acceptors (Lipinski definition) is 3. The predicted molar refractivity (Wildman–Crippen MR) is 70.5 cm³/mol. The average molecular weight is 263 g/mol. The van der Waals surface area contributed by atoms with Crippen molar-refractivity contribution in [3.63, 3.8) is 0 Å². The molecule has 0 aliphatic rings. The van der Waals surface area contributed by atoms with Crippen molar-refractivity contribution in [1.82, 2.24) is 4.57 Å². The SMILES string of the molecule is CCn1cccc1CNc1ccc(F)c([N+](=O)[O-])c1. The van der Waals surface area contributed by atoms with Crippen LogP contribution in [0.5, 0.6) is 0 Å². The van der Waals surface area contributed by atoms with Crippen LogP contribution >= 0.6 is 0 Å². The summed E-state index contributed by atoms with van der Waals surface area (Å²) in [7, 11) is 0. The molecule has 0 fully saturated rings. The fourth-order valence-electron chi connectivity index (χ4n) is 1.87. The van der Waals surface area contributed by atoms with Crippen molar-refractivity contribution in [1.29, 1.82) is 0 Å². The molecule has 0 aliphatic heterocycles. The molecule has 0 saturated carbocycles. The molecule has 19 heavy (non-hydrogen) atoms. The first-order valence-electron chi connectivity index (χ1n) is 5.93. The maximum absolute atomic E-state index is 13.2. The third kappa shape index (κ3) is 2.90. The van der Waals surface area contributed by atoms with E-state index in [0.29, 0.717) is 12.2 Å². The van der Waals surface area contributed by atoms with Gasteiger partial charge in [-0.2, -0.15) is 4.39 Å². The van der Waals surface area contributed by atoms with Gasteiger partial charge in [-0.15, -0.1) is 0 Å². The molecule has 0 atom stereocenters. The van der Waals surface area contributed by atoms with Gasteiger partial charge in [-0.25, -0.2) is 0 Å². The largest absolute Gasteiger partial charge is 0.379 e. The lowest BCUT2D eigenvalue weighted by molar-refractivity contribution is -0.387. The van der Waals surface area contributed by atoms with Crippen molar-refractivity contribution >= 4 is 11.4 Å². The zero-order valence-corrected chi connectivity index (χ0v) is 10.5. The minimum Gasteiger partial charge on any atom is -0.379 e. The molecule has 1 N–H and O–H groups in total. The number of benzene rings is 1. The van der Waals surface area contributed by atoms with E-state index < -0.39 is 16.4 Å². The molecule has 0 bridgehead atoms. The topological polar surface area (TPSA) is 60.1 Å². The molecule has 0 amide bonds. The van der Waals surface area contributed by atoms with E-state index in [-0.39, 0.29) is 0 Å². The molecule has 1 aromatic heterocycles. The highest BCUT2D eigenvalue weighted by Crippen LogP contribution is 2.22. The van der Waals surface area contributed by atoms with Crippen LogP contribution < -0.4 is 5.32 Å². The number of aromatic nitrogens is 1. The minimum absolute atomic E-state index is 0.518. The molecule has 0 radical (unpaired) electrons. The van der Waals surface area contributed by atoms with E-state index in [1.54, 1.807) is 0 Å². The number of halogens is 1. The fourth-order valence-corrected chi connectivity index (χ4v) is 1.87. The van der Waals surface area contributed by atoms with Gasteiger partial charge in [0.1, 0.15) is 0 Å². The van der Waals surface area contributed by atoms with E-state index in [2.05, 4.69) is 9.88 Å². The number of nitrogens with zero attached hydrogens (tertiary/aromatic N) is 2. The molecule has 0 spiro atoms. The lowest BCUT2D eigenvalue weighted by Gasteiger charge is -2.09.